The minimum absolute atomic E-state index is 0.0752. The van der Waals surface area contributed by atoms with Crippen LogP contribution >= 0.6 is 39.1 Å². The lowest BCUT2D eigenvalue weighted by Gasteiger charge is -2.08. The van der Waals surface area contributed by atoms with Crippen LogP contribution in [0.4, 0.5) is 0 Å². The second-order valence-corrected chi connectivity index (χ2v) is 5.66. The van der Waals surface area contributed by atoms with Crippen molar-refractivity contribution in [1.29, 1.82) is 0 Å². The van der Waals surface area contributed by atoms with Crippen LogP contribution in [-0.2, 0) is 0 Å². The summed E-state index contributed by atoms with van der Waals surface area (Å²) in [6, 6.07) is 8.46. The lowest BCUT2D eigenvalue weighted by molar-refractivity contribution is 0.0696. The third kappa shape index (κ3) is 3.75. The van der Waals surface area contributed by atoms with Gasteiger partial charge in [-0.2, -0.15) is 0 Å². The van der Waals surface area contributed by atoms with E-state index in [1.165, 1.54) is 36.4 Å². The fraction of sp³-hybridized carbons (Fsp3) is 0. The number of halogens is 3. The number of esters is 1. The van der Waals surface area contributed by atoms with Gasteiger partial charge < -0.3 is 9.84 Å². The van der Waals surface area contributed by atoms with Gasteiger partial charge in [-0.15, -0.1) is 0 Å². The van der Waals surface area contributed by atoms with Crippen LogP contribution in [0.5, 0.6) is 5.75 Å². The maximum Gasteiger partial charge on any atom is 0.345 e. The maximum absolute atomic E-state index is 12.0. The third-order valence-corrected chi connectivity index (χ3v) is 3.70. The van der Waals surface area contributed by atoms with E-state index in [0.717, 1.165) is 0 Å². The van der Waals surface area contributed by atoms with Gasteiger partial charge in [0.15, 0.2) is 0 Å². The van der Waals surface area contributed by atoms with Gasteiger partial charge in [0.1, 0.15) is 5.75 Å². The first-order chi connectivity index (χ1) is 9.88. The van der Waals surface area contributed by atoms with Crippen LogP contribution < -0.4 is 4.74 Å². The van der Waals surface area contributed by atoms with Gasteiger partial charge in [0.2, 0.25) is 0 Å². The Balaban J connectivity index is 2.25. The topological polar surface area (TPSA) is 63.6 Å². The van der Waals surface area contributed by atoms with Gasteiger partial charge in [0, 0.05) is 5.02 Å². The molecule has 0 aliphatic carbocycles. The van der Waals surface area contributed by atoms with Crippen LogP contribution in [0.15, 0.2) is 40.9 Å². The Morgan fingerprint density at radius 1 is 1.10 bits per heavy atom. The van der Waals surface area contributed by atoms with E-state index in [-0.39, 0.29) is 21.9 Å². The molecule has 0 aliphatic rings. The zero-order chi connectivity index (χ0) is 15.6. The highest BCUT2D eigenvalue weighted by Gasteiger charge is 2.15. The Labute approximate surface area is 138 Å². The molecule has 0 unspecified atom stereocenters. The van der Waals surface area contributed by atoms with Gasteiger partial charge in [0.05, 0.1) is 20.6 Å². The second kappa shape index (κ2) is 6.47. The first-order valence-corrected chi connectivity index (χ1v) is 7.13. The Kier molecular flexibility index (Phi) is 4.88. The van der Waals surface area contributed by atoms with Crippen molar-refractivity contribution in [2.75, 3.05) is 0 Å². The van der Waals surface area contributed by atoms with E-state index in [0.29, 0.717) is 9.50 Å². The molecule has 0 aromatic heterocycles. The molecule has 0 saturated heterocycles. The second-order valence-electron chi connectivity index (χ2n) is 3.96. The van der Waals surface area contributed by atoms with E-state index >= 15 is 0 Å². The van der Waals surface area contributed by atoms with Gasteiger partial charge in [-0.1, -0.05) is 23.2 Å². The average molecular weight is 390 g/mol. The molecule has 21 heavy (non-hydrogen) atoms. The van der Waals surface area contributed by atoms with Crippen molar-refractivity contribution in [2.45, 2.75) is 0 Å². The summed E-state index contributed by atoms with van der Waals surface area (Å²) >= 11 is 14.8. The van der Waals surface area contributed by atoms with E-state index in [9.17, 15) is 9.59 Å². The Morgan fingerprint density at radius 2 is 1.81 bits per heavy atom. The van der Waals surface area contributed by atoms with Crippen LogP contribution in [-0.4, -0.2) is 17.0 Å². The number of benzene rings is 2. The molecule has 0 fully saturated rings. The van der Waals surface area contributed by atoms with E-state index in [4.69, 9.17) is 33.0 Å². The molecular formula is C14H7BrCl2O4. The Hall–Kier alpha value is -1.56. The molecule has 0 spiro atoms. The number of carboxylic acids is 1. The molecular weight excluding hydrogens is 383 g/mol. The van der Waals surface area contributed by atoms with Crippen molar-refractivity contribution < 1.29 is 19.4 Å². The maximum atomic E-state index is 12.0. The van der Waals surface area contributed by atoms with Crippen LogP contribution in [0.2, 0.25) is 10.0 Å². The molecule has 2 aromatic carbocycles. The summed E-state index contributed by atoms with van der Waals surface area (Å²) in [4.78, 5) is 22.9. The standard InChI is InChI=1S/C14H7BrCl2O4/c15-10-5-7(13(18)19)1-4-12(10)21-14(20)9-3-2-8(16)6-11(9)17/h1-6H,(H,18,19). The van der Waals surface area contributed by atoms with Crippen LogP contribution in [0.3, 0.4) is 0 Å². The van der Waals surface area contributed by atoms with Crippen molar-refractivity contribution in [3.8, 4) is 5.75 Å². The van der Waals surface area contributed by atoms with Crippen LogP contribution in [0.1, 0.15) is 20.7 Å². The number of carboxylic acid groups (broad SMARTS) is 1. The lowest BCUT2D eigenvalue weighted by atomic mass is 10.2. The first-order valence-electron chi connectivity index (χ1n) is 5.58. The fourth-order valence-electron chi connectivity index (χ4n) is 1.53. The monoisotopic (exact) mass is 388 g/mol. The van der Waals surface area contributed by atoms with Gasteiger partial charge in [0.25, 0.3) is 0 Å². The summed E-state index contributed by atoms with van der Waals surface area (Å²) in [6.07, 6.45) is 0. The summed E-state index contributed by atoms with van der Waals surface area (Å²) in [5, 5.41) is 9.44. The number of hydrogen-bond donors (Lipinski definition) is 1. The van der Waals surface area contributed by atoms with E-state index < -0.39 is 11.9 Å². The molecule has 1 N–H and O–H groups in total. The van der Waals surface area contributed by atoms with Crippen molar-refractivity contribution in [2.24, 2.45) is 0 Å². The molecule has 0 radical (unpaired) electrons. The number of carbonyl (C=O) groups is 2. The summed E-state index contributed by atoms with van der Waals surface area (Å²) in [5.74, 6) is -1.55. The van der Waals surface area contributed by atoms with Crippen LogP contribution in [0.25, 0.3) is 0 Å². The number of carbonyl (C=O) groups excluding carboxylic acids is 1. The first kappa shape index (κ1) is 15.8. The van der Waals surface area contributed by atoms with Crippen molar-refractivity contribution >= 4 is 51.1 Å². The van der Waals surface area contributed by atoms with E-state index in [1.807, 2.05) is 0 Å². The van der Waals surface area contributed by atoms with Crippen molar-refractivity contribution in [3.63, 3.8) is 0 Å². The highest BCUT2D eigenvalue weighted by atomic mass is 79.9. The molecule has 0 aliphatic heterocycles. The molecule has 0 saturated carbocycles. The number of ether oxygens (including phenoxy) is 1. The number of aromatic carboxylic acids is 1. The zero-order valence-electron chi connectivity index (χ0n) is 10.3. The molecule has 7 heteroatoms. The number of hydrogen-bond acceptors (Lipinski definition) is 3. The zero-order valence-corrected chi connectivity index (χ0v) is 13.4. The molecule has 2 rings (SSSR count). The quantitative estimate of drug-likeness (QED) is 0.611. The molecule has 108 valence electrons. The van der Waals surface area contributed by atoms with Crippen molar-refractivity contribution in [1.82, 2.24) is 0 Å². The summed E-state index contributed by atoms with van der Waals surface area (Å²) < 4.78 is 5.53. The summed E-state index contributed by atoms with van der Waals surface area (Å²) in [7, 11) is 0. The predicted octanol–water partition coefficient (Wildman–Crippen LogP) is 4.67. The van der Waals surface area contributed by atoms with Gasteiger partial charge in [-0.05, 0) is 52.3 Å². The average Bonchev–Trinajstić information content (AvgIpc) is 2.40. The van der Waals surface area contributed by atoms with Gasteiger partial charge in [-0.25, -0.2) is 9.59 Å². The molecule has 0 amide bonds. The molecule has 4 nitrogen and oxygen atoms in total. The smallest absolute Gasteiger partial charge is 0.345 e. The molecule has 0 bridgehead atoms. The minimum atomic E-state index is -1.07. The fourth-order valence-corrected chi connectivity index (χ4v) is 2.47. The normalized spacial score (nSPS) is 10.2. The Bertz CT molecular complexity index is 731. The molecule has 2 aromatic rings. The molecule has 0 heterocycles. The highest BCUT2D eigenvalue weighted by Crippen LogP contribution is 2.28. The summed E-state index contributed by atoms with van der Waals surface area (Å²) in [5.41, 5.74) is 0.237. The minimum Gasteiger partial charge on any atom is -0.478 e. The van der Waals surface area contributed by atoms with Crippen LogP contribution in [0, 0.1) is 0 Å². The third-order valence-electron chi connectivity index (χ3n) is 2.53. The SMILES string of the molecule is O=C(O)c1ccc(OC(=O)c2ccc(Cl)cc2Cl)c(Br)c1. The number of rotatable bonds is 3. The van der Waals surface area contributed by atoms with Gasteiger partial charge in [-0.3, -0.25) is 0 Å². The van der Waals surface area contributed by atoms with Gasteiger partial charge >= 0.3 is 11.9 Å². The predicted molar refractivity (Wildman–Crippen MR) is 82.5 cm³/mol. The highest BCUT2D eigenvalue weighted by molar-refractivity contribution is 9.10. The largest absolute Gasteiger partial charge is 0.478 e. The molecule has 0 atom stereocenters. The van der Waals surface area contributed by atoms with Crippen molar-refractivity contribution in [3.05, 3.63) is 62.0 Å². The Morgan fingerprint density at radius 3 is 2.38 bits per heavy atom. The summed E-state index contributed by atoms with van der Waals surface area (Å²) in [6.45, 7) is 0. The lowest BCUT2D eigenvalue weighted by Crippen LogP contribution is -2.10. The van der Waals surface area contributed by atoms with E-state index in [2.05, 4.69) is 15.9 Å². The van der Waals surface area contributed by atoms with E-state index in [1.54, 1.807) is 0 Å².